The van der Waals surface area contributed by atoms with Gasteiger partial charge in [-0.05, 0) is 73.7 Å². The number of para-hydroxylation sites is 2. The predicted octanol–water partition coefficient (Wildman–Crippen LogP) is 7.11. The van der Waals surface area contributed by atoms with Crippen molar-refractivity contribution >= 4 is 28.8 Å². The normalized spacial score (nSPS) is 19.8. The van der Waals surface area contributed by atoms with E-state index in [4.69, 9.17) is 16.3 Å². The smallest absolute Gasteiger partial charge is 0.163 e. The number of hydrogen-bond donors (Lipinski definition) is 2. The van der Waals surface area contributed by atoms with Gasteiger partial charge in [0.05, 0.1) is 23.5 Å². The van der Waals surface area contributed by atoms with Crippen molar-refractivity contribution in [2.24, 2.45) is 0 Å². The molecule has 1 aliphatic carbocycles. The number of ether oxygens (including phenoxy) is 1. The molecule has 0 saturated heterocycles. The standard InChI is InChI=1S/C28H27ClN2O2/c1-17(2)33-22-12-10-18(11-13-22)20-15-25-27(26(32)16-20)28(19-6-5-7-21(29)14-19)31-24-9-4-3-8-23(24)30-25/h3-14,17,20,28,30-31H,15-16H2,1-2H3. The molecule has 0 spiro atoms. The molecule has 0 radical (unpaired) electrons. The average molecular weight is 459 g/mol. The van der Waals surface area contributed by atoms with Gasteiger partial charge in [0.25, 0.3) is 0 Å². The molecule has 168 valence electrons. The highest BCUT2D eigenvalue weighted by Gasteiger charge is 2.36. The summed E-state index contributed by atoms with van der Waals surface area (Å²) in [5.74, 6) is 1.12. The molecule has 5 rings (SSSR count). The highest BCUT2D eigenvalue weighted by atomic mass is 35.5. The highest BCUT2D eigenvalue weighted by molar-refractivity contribution is 6.30. The maximum absolute atomic E-state index is 13.6. The van der Waals surface area contributed by atoms with Crippen molar-refractivity contribution in [1.29, 1.82) is 0 Å². The van der Waals surface area contributed by atoms with Crippen molar-refractivity contribution in [2.75, 3.05) is 10.6 Å². The first-order valence-electron chi connectivity index (χ1n) is 11.4. The number of Topliss-reactive ketones (excluding diaryl/α,β-unsaturated/α-hetero) is 1. The van der Waals surface area contributed by atoms with Gasteiger partial charge in [-0.2, -0.15) is 0 Å². The summed E-state index contributed by atoms with van der Waals surface area (Å²) >= 11 is 6.31. The zero-order valence-corrected chi connectivity index (χ0v) is 19.5. The van der Waals surface area contributed by atoms with Gasteiger partial charge >= 0.3 is 0 Å². The fraction of sp³-hybridized carbons (Fsp3) is 0.250. The summed E-state index contributed by atoms with van der Waals surface area (Å²) in [6, 6.07) is 23.7. The Hall–Kier alpha value is -3.24. The minimum atomic E-state index is -0.259. The molecule has 1 heterocycles. The van der Waals surface area contributed by atoms with E-state index in [9.17, 15) is 4.79 Å². The number of nitrogens with one attached hydrogen (secondary N) is 2. The molecule has 2 atom stereocenters. The van der Waals surface area contributed by atoms with Crippen LogP contribution in [0.1, 0.15) is 49.8 Å². The van der Waals surface area contributed by atoms with Crippen LogP contribution in [0.15, 0.2) is 84.1 Å². The van der Waals surface area contributed by atoms with Crippen molar-refractivity contribution in [3.63, 3.8) is 0 Å². The summed E-state index contributed by atoms with van der Waals surface area (Å²) < 4.78 is 5.78. The Balaban J connectivity index is 1.52. The number of halogens is 1. The average Bonchev–Trinajstić information content (AvgIpc) is 2.96. The van der Waals surface area contributed by atoms with Gasteiger partial charge in [0.2, 0.25) is 0 Å². The second-order valence-corrected chi connectivity index (χ2v) is 9.40. The van der Waals surface area contributed by atoms with Crippen LogP contribution in [0.4, 0.5) is 11.4 Å². The summed E-state index contributed by atoms with van der Waals surface area (Å²) in [5, 5.41) is 7.84. The van der Waals surface area contributed by atoms with Crippen molar-refractivity contribution in [2.45, 2.75) is 44.8 Å². The van der Waals surface area contributed by atoms with Gasteiger partial charge < -0.3 is 15.4 Å². The van der Waals surface area contributed by atoms with E-state index in [-0.39, 0.29) is 23.8 Å². The Labute approximate surface area is 199 Å². The first kappa shape index (κ1) is 21.6. The van der Waals surface area contributed by atoms with Crippen LogP contribution >= 0.6 is 11.6 Å². The number of allylic oxidation sites excluding steroid dienone is 1. The van der Waals surface area contributed by atoms with E-state index in [2.05, 4.69) is 22.8 Å². The molecular weight excluding hydrogens is 432 g/mol. The lowest BCUT2D eigenvalue weighted by Crippen LogP contribution is -2.26. The van der Waals surface area contributed by atoms with Crippen LogP contribution in [0, 0.1) is 0 Å². The van der Waals surface area contributed by atoms with E-state index in [0.717, 1.165) is 45.9 Å². The maximum atomic E-state index is 13.6. The van der Waals surface area contributed by atoms with Crippen LogP contribution in [0.3, 0.4) is 0 Å². The fourth-order valence-corrected chi connectivity index (χ4v) is 4.95. The summed E-state index contributed by atoms with van der Waals surface area (Å²) in [7, 11) is 0. The van der Waals surface area contributed by atoms with E-state index in [1.807, 2.05) is 74.5 Å². The Morgan fingerprint density at radius 3 is 2.39 bits per heavy atom. The zero-order valence-electron chi connectivity index (χ0n) is 18.8. The lowest BCUT2D eigenvalue weighted by molar-refractivity contribution is -0.116. The number of ketones is 1. The number of carbonyl (C=O) groups is 1. The first-order chi connectivity index (χ1) is 16.0. The number of anilines is 2. The Morgan fingerprint density at radius 2 is 1.67 bits per heavy atom. The van der Waals surface area contributed by atoms with Crippen molar-refractivity contribution in [1.82, 2.24) is 0 Å². The minimum Gasteiger partial charge on any atom is -0.491 e. The van der Waals surface area contributed by atoms with Crippen LogP contribution in [0.2, 0.25) is 5.02 Å². The molecule has 0 fully saturated rings. The lowest BCUT2D eigenvalue weighted by atomic mass is 9.78. The minimum absolute atomic E-state index is 0.113. The van der Waals surface area contributed by atoms with E-state index in [1.54, 1.807) is 0 Å². The fourth-order valence-electron chi connectivity index (χ4n) is 4.75. The summed E-state index contributed by atoms with van der Waals surface area (Å²) in [6.45, 7) is 4.03. The Morgan fingerprint density at radius 1 is 0.909 bits per heavy atom. The molecular formula is C28H27ClN2O2. The molecule has 0 bridgehead atoms. The quantitative estimate of drug-likeness (QED) is 0.437. The summed E-state index contributed by atoms with van der Waals surface area (Å²) in [5.41, 5.74) is 5.85. The summed E-state index contributed by atoms with van der Waals surface area (Å²) in [4.78, 5) is 13.6. The number of benzene rings is 3. The van der Waals surface area contributed by atoms with Gasteiger partial charge in [-0.1, -0.05) is 48.0 Å². The monoisotopic (exact) mass is 458 g/mol. The molecule has 0 amide bonds. The van der Waals surface area contributed by atoms with Crippen LogP contribution in [0.25, 0.3) is 0 Å². The number of carbonyl (C=O) groups excluding carboxylic acids is 1. The maximum Gasteiger partial charge on any atom is 0.163 e. The third kappa shape index (κ3) is 4.49. The molecule has 3 aromatic carbocycles. The number of hydrogen-bond acceptors (Lipinski definition) is 4. The molecule has 1 aliphatic heterocycles. The van der Waals surface area contributed by atoms with Crippen LogP contribution < -0.4 is 15.4 Å². The third-order valence-electron chi connectivity index (χ3n) is 6.21. The summed E-state index contributed by atoms with van der Waals surface area (Å²) in [6.07, 6.45) is 1.37. The molecule has 2 unspecified atom stereocenters. The number of rotatable bonds is 4. The van der Waals surface area contributed by atoms with Gasteiger partial charge in [0, 0.05) is 22.7 Å². The lowest BCUT2D eigenvalue weighted by Gasteiger charge is -2.30. The number of fused-ring (bicyclic) bond motifs is 1. The van der Waals surface area contributed by atoms with Gasteiger partial charge in [-0.15, -0.1) is 0 Å². The predicted molar refractivity (Wildman–Crippen MR) is 134 cm³/mol. The van der Waals surface area contributed by atoms with E-state index < -0.39 is 0 Å². The topological polar surface area (TPSA) is 50.4 Å². The second-order valence-electron chi connectivity index (χ2n) is 8.96. The van der Waals surface area contributed by atoms with Crippen molar-refractivity contribution in [3.05, 3.63) is 100 Å². The van der Waals surface area contributed by atoms with Crippen LogP contribution in [-0.4, -0.2) is 11.9 Å². The third-order valence-corrected chi connectivity index (χ3v) is 6.45. The zero-order chi connectivity index (χ0) is 22.9. The SMILES string of the molecule is CC(C)Oc1ccc(C2CC(=O)C3=C(C2)Nc2ccccc2NC3c2cccc(Cl)c2)cc1. The van der Waals surface area contributed by atoms with Crippen molar-refractivity contribution < 1.29 is 9.53 Å². The van der Waals surface area contributed by atoms with Crippen molar-refractivity contribution in [3.8, 4) is 5.75 Å². The van der Waals surface area contributed by atoms with Gasteiger partial charge in [0.1, 0.15) is 5.75 Å². The molecule has 3 aromatic rings. The van der Waals surface area contributed by atoms with Gasteiger partial charge in [0.15, 0.2) is 5.78 Å². The second kappa shape index (κ2) is 8.95. The molecule has 4 nitrogen and oxygen atoms in total. The molecule has 0 aromatic heterocycles. The van der Waals surface area contributed by atoms with Crippen LogP contribution in [-0.2, 0) is 4.79 Å². The molecule has 2 N–H and O–H groups in total. The molecule has 0 saturated carbocycles. The van der Waals surface area contributed by atoms with E-state index in [1.165, 1.54) is 0 Å². The van der Waals surface area contributed by atoms with Gasteiger partial charge in [-0.3, -0.25) is 4.79 Å². The molecule has 33 heavy (non-hydrogen) atoms. The Kier molecular flexibility index (Phi) is 5.86. The molecule has 2 aliphatic rings. The highest BCUT2D eigenvalue weighted by Crippen LogP contribution is 2.44. The van der Waals surface area contributed by atoms with E-state index >= 15 is 0 Å². The van der Waals surface area contributed by atoms with Crippen LogP contribution in [0.5, 0.6) is 5.75 Å². The largest absolute Gasteiger partial charge is 0.491 e. The van der Waals surface area contributed by atoms with E-state index in [0.29, 0.717) is 11.4 Å². The Bertz CT molecular complexity index is 1220. The van der Waals surface area contributed by atoms with Gasteiger partial charge in [-0.25, -0.2) is 0 Å². The first-order valence-corrected chi connectivity index (χ1v) is 11.8. The molecule has 5 heteroatoms.